The molecule has 6 nitrogen and oxygen atoms in total. The fourth-order valence-corrected chi connectivity index (χ4v) is 4.05. The Morgan fingerprint density at radius 2 is 1.67 bits per heavy atom. The molecule has 3 aromatic rings. The number of hydrogen-bond donors (Lipinski definition) is 1. The maximum Gasteiger partial charge on any atom is 0.278 e. The minimum Gasteiger partial charge on any atom is -0.497 e. The maximum absolute atomic E-state index is 13.3. The highest BCUT2D eigenvalue weighted by Crippen LogP contribution is 2.35. The van der Waals surface area contributed by atoms with Crippen LogP contribution in [0.5, 0.6) is 11.5 Å². The summed E-state index contributed by atoms with van der Waals surface area (Å²) >= 11 is 1.42. The Labute approximate surface area is 178 Å². The average molecular weight is 420 g/mol. The number of carbonyl (C=O) groups is 2. The van der Waals surface area contributed by atoms with Crippen LogP contribution in [0.2, 0.25) is 0 Å². The number of para-hydroxylation sites is 2. The van der Waals surface area contributed by atoms with Gasteiger partial charge in [0.15, 0.2) is 0 Å². The Kier molecular flexibility index (Phi) is 5.54. The number of hydrogen-bond acceptors (Lipinski definition) is 6. The molecule has 0 saturated carbocycles. The first-order valence-corrected chi connectivity index (χ1v) is 10.2. The number of amides is 2. The number of benzene rings is 2. The van der Waals surface area contributed by atoms with Gasteiger partial charge in [-0.15, -0.1) is 11.3 Å². The third-order valence-corrected chi connectivity index (χ3v) is 5.69. The van der Waals surface area contributed by atoms with Crippen LogP contribution in [0, 0.1) is 0 Å². The lowest BCUT2D eigenvalue weighted by Crippen LogP contribution is -2.31. The maximum atomic E-state index is 13.3. The second kappa shape index (κ2) is 8.42. The molecule has 1 aromatic heterocycles. The van der Waals surface area contributed by atoms with E-state index in [1.54, 1.807) is 20.3 Å². The minimum absolute atomic E-state index is 0.174. The number of methoxy groups -OCH3 is 2. The summed E-state index contributed by atoms with van der Waals surface area (Å²) in [5.74, 6) is 0.610. The normalized spacial score (nSPS) is 13.7. The molecule has 0 spiro atoms. The zero-order valence-corrected chi connectivity index (χ0v) is 17.4. The van der Waals surface area contributed by atoms with Crippen molar-refractivity contribution >= 4 is 34.4 Å². The number of nitrogens with one attached hydrogen (secondary N) is 1. The molecular formula is C23H20N2O4S. The van der Waals surface area contributed by atoms with Gasteiger partial charge in [0.25, 0.3) is 11.8 Å². The topological polar surface area (TPSA) is 67.9 Å². The van der Waals surface area contributed by atoms with Crippen LogP contribution in [0.25, 0.3) is 5.57 Å². The molecule has 0 aliphatic carbocycles. The molecule has 7 heteroatoms. The third-order valence-electron chi connectivity index (χ3n) is 4.80. The Hall–Kier alpha value is -3.58. The van der Waals surface area contributed by atoms with Crippen LogP contribution in [-0.4, -0.2) is 30.9 Å². The van der Waals surface area contributed by atoms with E-state index in [1.807, 2.05) is 60.0 Å². The van der Waals surface area contributed by atoms with E-state index in [4.69, 9.17) is 9.47 Å². The molecule has 2 heterocycles. The van der Waals surface area contributed by atoms with E-state index in [1.165, 1.54) is 16.2 Å². The minimum atomic E-state index is -0.370. The van der Waals surface area contributed by atoms with Crippen molar-refractivity contribution < 1.29 is 19.1 Å². The molecule has 30 heavy (non-hydrogen) atoms. The van der Waals surface area contributed by atoms with Gasteiger partial charge in [-0.3, -0.25) is 14.5 Å². The molecule has 2 aromatic carbocycles. The Morgan fingerprint density at radius 3 is 2.33 bits per heavy atom. The number of rotatable bonds is 7. The van der Waals surface area contributed by atoms with Crippen molar-refractivity contribution in [1.29, 1.82) is 0 Å². The number of carbonyl (C=O) groups excluding carboxylic acids is 2. The fourth-order valence-electron chi connectivity index (χ4n) is 3.28. The zero-order chi connectivity index (χ0) is 21.1. The lowest BCUT2D eigenvalue weighted by Gasteiger charge is -2.16. The van der Waals surface area contributed by atoms with Crippen LogP contribution >= 0.6 is 11.3 Å². The highest BCUT2D eigenvalue weighted by atomic mass is 32.1. The van der Waals surface area contributed by atoms with Crippen LogP contribution in [-0.2, 0) is 16.1 Å². The molecule has 0 unspecified atom stereocenters. The van der Waals surface area contributed by atoms with Gasteiger partial charge in [0, 0.05) is 4.88 Å². The molecule has 0 radical (unpaired) electrons. The van der Waals surface area contributed by atoms with Crippen LogP contribution in [0.1, 0.15) is 10.4 Å². The second-order valence-corrected chi connectivity index (χ2v) is 7.54. The van der Waals surface area contributed by atoms with Gasteiger partial charge in [0.1, 0.15) is 17.2 Å². The first kappa shape index (κ1) is 19.7. The predicted molar refractivity (Wildman–Crippen MR) is 116 cm³/mol. The summed E-state index contributed by atoms with van der Waals surface area (Å²) < 4.78 is 10.6. The van der Waals surface area contributed by atoms with Gasteiger partial charge in [-0.25, -0.2) is 0 Å². The van der Waals surface area contributed by atoms with Crippen LogP contribution < -0.4 is 14.8 Å². The highest BCUT2D eigenvalue weighted by Gasteiger charge is 2.39. The number of ether oxygens (including phenoxy) is 2. The Morgan fingerprint density at radius 1 is 0.900 bits per heavy atom. The lowest BCUT2D eigenvalue weighted by molar-refractivity contribution is -0.137. The van der Waals surface area contributed by atoms with Gasteiger partial charge in [-0.05, 0) is 41.3 Å². The van der Waals surface area contributed by atoms with E-state index in [0.29, 0.717) is 22.8 Å². The second-order valence-electron chi connectivity index (χ2n) is 6.60. The van der Waals surface area contributed by atoms with E-state index >= 15 is 0 Å². The van der Waals surface area contributed by atoms with Gasteiger partial charge < -0.3 is 14.8 Å². The van der Waals surface area contributed by atoms with Crippen LogP contribution in [0.3, 0.4) is 0 Å². The summed E-state index contributed by atoms with van der Waals surface area (Å²) in [6, 6.07) is 18.3. The number of thiophene rings is 1. The zero-order valence-electron chi connectivity index (χ0n) is 16.5. The van der Waals surface area contributed by atoms with Crippen molar-refractivity contribution in [1.82, 2.24) is 4.90 Å². The van der Waals surface area contributed by atoms with E-state index < -0.39 is 0 Å². The standard InChI is InChI=1S/C23H20N2O4S/c1-28-16-11-9-15(10-12-16)14-25-22(26)20(19-8-5-13-30-19)21(23(25)27)24-17-6-3-4-7-18(17)29-2/h3-13,24H,14H2,1-2H3. The lowest BCUT2D eigenvalue weighted by atomic mass is 10.1. The summed E-state index contributed by atoms with van der Waals surface area (Å²) in [5, 5.41) is 5.02. The molecule has 1 N–H and O–H groups in total. The van der Waals surface area contributed by atoms with Crippen molar-refractivity contribution in [2.24, 2.45) is 0 Å². The van der Waals surface area contributed by atoms with Gasteiger partial charge in [0.2, 0.25) is 0 Å². The summed E-state index contributed by atoms with van der Waals surface area (Å²) in [6.45, 7) is 0.174. The first-order valence-electron chi connectivity index (χ1n) is 9.29. The van der Waals surface area contributed by atoms with Crippen molar-refractivity contribution in [2.45, 2.75) is 6.54 Å². The molecule has 1 aliphatic rings. The molecule has 2 amide bonds. The molecule has 0 bridgehead atoms. The molecule has 4 rings (SSSR count). The summed E-state index contributed by atoms with van der Waals surface area (Å²) in [6.07, 6.45) is 0. The molecule has 0 atom stereocenters. The molecule has 0 saturated heterocycles. The highest BCUT2D eigenvalue weighted by molar-refractivity contribution is 7.11. The van der Waals surface area contributed by atoms with E-state index in [9.17, 15) is 9.59 Å². The van der Waals surface area contributed by atoms with Gasteiger partial charge >= 0.3 is 0 Å². The van der Waals surface area contributed by atoms with Crippen LogP contribution in [0.15, 0.2) is 71.7 Å². The van der Waals surface area contributed by atoms with Crippen molar-refractivity contribution in [3.05, 3.63) is 82.2 Å². The first-order chi connectivity index (χ1) is 14.6. The SMILES string of the molecule is COc1ccc(CN2C(=O)C(Nc3ccccc3OC)=C(c3cccs3)C2=O)cc1. The average Bonchev–Trinajstić information content (AvgIpc) is 3.38. The molecule has 0 fully saturated rings. The van der Waals surface area contributed by atoms with E-state index in [2.05, 4.69) is 5.32 Å². The Balaban J connectivity index is 1.69. The predicted octanol–water partition coefficient (Wildman–Crippen LogP) is 4.16. The number of anilines is 1. The van der Waals surface area contributed by atoms with Crippen molar-refractivity contribution in [3.8, 4) is 11.5 Å². The smallest absolute Gasteiger partial charge is 0.278 e. The number of imide groups is 1. The van der Waals surface area contributed by atoms with Crippen molar-refractivity contribution in [2.75, 3.05) is 19.5 Å². The van der Waals surface area contributed by atoms with E-state index in [-0.39, 0.29) is 24.1 Å². The molecule has 152 valence electrons. The molecule has 1 aliphatic heterocycles. The van der Waals surface area contributed by atoms with Crippen molar-refractivity contribution in [3.63, 3.8) is 0 Å². The van der Waals surface area contributed by atoms with E-state index in [0.717, 1.165) is 10.4 Å². The molecular weight excluding hydrogens is 400 g/mol. The third kappa shape index (κ3) is 3.67. The van der Waals surface area contributed by atoms with Gasteiger partial charge in [0.05, 0.1) is 32.0 Å². The van der Waals surface area contributed by atoms with Crippen LogP contribution in [0.4, 0.5) is 5.69 Å². The number of nitrogens with zero attached hydrogens (tertiary/aromatic N) is 1. The Bertz CT molecular complexity index is 1100. The summed E-state index contributed by atoms with van der Waals surface area (Å²) in [7, 11) is 3.15. The monoisotopic (exact) mass is 420 g/mol. The largest absolute Gasteiger partial charge is 0.497 e. The quantitative estimate of drug-likeness (QED) is 0.582. The van der Waals surface area contributed by atoms with Gasteiger partial charge in [-0.1, -0.05) is 30.3 Å². The van der Waals surface area contributed by atoms with Gasteiger partial charge in [-0.2, -0.15) is 0 Å². The summed E-state index contributed by atoms with van der Waals surface area (Å²) in [5.41, 5.74) is 2.08. The fraction of sp³-hybridized carbons (Fsp3) is 0.130. The summed E-state index contributed by atoms with van der Waals surface area (Å²) in [4.78, 5) is 28.5.